The lowest BCUT2D eigenvalue weighted by Gasteiger charge is -2.37. The van der Waals surface area contributed by atoms with Gasteiger partial charge < -0.3 is 0 Å². The summed E-state index contributed by atoms with van der Waals surface area (Å²) in [5, 5.41) is 12.0. The molecule has 8 heteroatoms. The van der Waals surface area contributed by atoms with Gasteiger partial charge in [-0.1, -0.05) is 119 Å². The van der Waals surface area contributed by atoms with Crippen molar-refractivity contribution in [1.29, 1.82) is 0 Å². The highest BCUT2D eigenvalue weighted by Gasteiger charge is 2.60. The minimum atomic E-state index is -2.11. The SMILES string of the molecule is CC(C)C([O])c1ccc(C(Cl)(Cl)C(Cl)(Cl)C(Cl)(Cl)Cl)cc1. The van der Waals surface area contributed by atoms with Crippen LogP contribution in [0.3, 0.4) is 0 Å². The number of benzene rings is 1. The number of hydrogen-bond acceptors (Lipinski definition) is 0. The molecule has 1 nitrogen and oxygen atoms in total. The smallest absolute Gasteiger partial charge is 0.226 e. The van der Waals surface area contributed by atoms with E-state index in [9.17, 15) is 5.11 Å². The van der Waals surface area contributed by atoms with E-state index in [0.717, 1.165) is 0 Å². The van der Waals surface area contributed by atoms with Crippen molar-refractivity contribution in [3.8, 4) is 0 Å². The highest BCUT2D eigenvalue weighted by molar-refractivity contribution is 6.78. The molecule has 1 aromatic rings. The molecule has 0 heterocycles. The van der Waals surface area contributed by atoms with E-state index in [1.165, 1.54) is 0 Å². The van der Waals surface area contributed by atoms with Crippen LogP contribution in [0.5, 0.6) is 0 Å². The molecule has 1 atom stereocenters. The minimum Gasteiger partial charge on any atom is -0.228 e. The molecule has 119 valence electrons. The first-order chi connectivity index (χ1) is 9.32. The summed E-state index contributed by atoms with van der Waals surface area (Å²) in [5.74, 6) is -0.0473. The molecule has 1 aromatic carbocycles. The molecule has 0 amide bonds. The van der Waals surface area contributed by atoms with Crippen LogP contribution in [0.4, 0.5) is 0 Å². The first-order valence-corrected chi connectivity index (χ1v) is 8.55. The Bertz CT molecular complexity index is 476. The van der Waals surface area contributed by atoms with Crippen molar-refractivity contribution in [2.24, 2.45) is 5.92 Å². The van der Waals surface area contributed by atoms with Crippen LogP contribution in [0.2, 0.25) is 0 Å². The van der Waals surface area contributed by atoms with Crippen LogP contribution in [-0.2, 0) is 9.44 Å². The lowest BCUT2D eigenvalue weighted by atomic mass is 9.97. The Morgan fingerprint density at radius 1 is 0.857 bits per heavy atom. The van der Waals surface area contributed by atoms with Crippen molar-refractivity contribution in [1.82, 2.24) is 0 Å². The summed E-state index contributed by atoms with van der Waals surface area (Å²) >= 11 is 41.7. The number of alkyl halides is 7. The predicted octanol–water partition coefficient (Wildman–Crippen LogP) is 6.99. The van der Waals surface area contributed by atoms with Crippen LogP contribution >= 0.6 is 81.2 Å². The van der Waals surface area contributed by atoms with Gasteiger partial charge in [0.15, 0.2) is 4.33 Å². The molecular weight excluding hydrogens is 420 g/mol. The van der Waals surface area contributed by atoms with Crippen molar-refractivity contribution in [2.75, 3.05) is 0 Å². The minimum absolute atomic E-state index is 0.0473. The zero-order chi connectivity index (χ0) is 16.6. The summed E-state index contributed by atoms with van der Waals surface area (Å²) in [6, 6.07) is 6.29. The van der Waals surface area contributed by atoms with Gasteiger partial charge in [0.1, 0.15) is 6.10 Å². The largest absolute Gasteiger partial charge is 0.228 e. The highest BCUT2D eigenvalue weighted by atomic mass is 35.6. The Kier molecular flexibility index (Phi) is 6.74. The zero-order valence-electron chi connectivity index (χ0n) is 11.0. The van der Waals surface area contributed by atoms with Crippen LogP contribution < -0.4 is 0 Å². The van der Waals surface area contributed by atoms with E-state index in [4.69, 9.17) is 81.2 Å². The molecule has 0 spiro atoms. The summed E-state index contributed by atoms with van der Waals surface area (Å²) in [6.45, 7) is 3.68. The van der Waals surface area contributed by atoms with Gasteiger partial charge in [0.25, 0.3) is 0 Å². The Balaban J connectivity index is 3.17. The predicted molar refractivity (Wildman–Crippen MR) is 92.8 cm³/mol. The van der Waals surface area contributed by atoms with Gasteiger partial charge in [-0.3, -0.25) is 0 Å². The van der Waals surface area contributed by atoms with Crippen LogP contribution in [-0.4, -0.2) is 8.13 Å². The average molecular weight is 432 g/mol. The molecule has 0 aliphatic carbocycles. The summed E-state index contributed by atoms with van der Waals surface area (Å²) in [7, 11) is 0. The maximum atomic E-state index is 12.0. The van der Waals surface area contributed by atoms with E-state index < -0.39 is 18.6 Å². The third-order valence-electron chi connectivity index (χ3n) is 2.96. The standard InChI is InChI=1S/C13H12Cl7O/c1-7(2)10(21)8-3-5-9(6-4-8)11(14,15)12(16,17)13(18,19)20/h3-7,10H,1-2H3. The van der Waals surface area contributed by atoms with Crippen molar-refractivity contribution < 1.29 is 5.11 Å². The summed E-state index contributed by atoms with van der Waals surface area (Å²) in [4.78, 5) is 0. The lowest BCUT2D eigenvalue weighted by molar-refractivity contribution is 0.0487. The van der Waals surface area contributed by atoms with Gasteiger partial charge in [-0.2, -0.15) is 0 Å². The van der Waals surface area contributed by atoms with Gasteiger partial charge in [-0.15, -0.1) is 0 Å². The van der Waals surface area contributed by atoms with Crippen LogP contribution in [0.1, 0.15) is 31.1 Å². The van der Waals surface area contributed by atoms with E-state index in [1.54, 1.807) is 24.3 Å². The summed E-state index contributed by atoms with van der Waals surface area (Å²) < 4.78 is -6.09. The van der Waals surface area contributed by atoms with E-state index >= 15 is 0 Å². The lowest BCUT2D eigenvalue weighted by Crippen LogP contribution is -2.45. The second-order valence-corrected chi connectivity index (χ2v) is 9.87. The molecule has 0 N–H and O–H groups in total. The van der Waals surface area contributed by atoms with E-state index in [-0.39, 0.29) is 5.92 Å². The van der Waals surface area contributed by atoms with Gasteiger partial charge >= 0.3 is 0 Å². The van der Waals surface area contributed by atoms with Crippen LogP contribution in [0, 0.1) is 5.92 Å². The monoisotopic (exact) mass is 429 g/mol. The second kappa shape index (κ2) is 6.99. The van der Waals surface area contributed by atoms with Gasteiger partial charge in [-0.05, 0) is 17.0 Å². The van der Waals surface area contributed by atoms with Gasteiger partial charge in [-0.25, -0.2) is 5.11 Å². The van der Waals surface area contributed by atoms with Crippen LogP contribution in [0.25, 0.3) is 0 Å². The van der Waals surface area contributed by atoms with Gasteiger partial charge in [0, 0.05) is 0 Å². The molecule has 21 heavy (non-hydrogen) atoms. The molecule has 0 saturated carbocycles. The fraction of sp³-hybridized carbons (Fsp3) is 0.538. The maximum Gasteiger partial charge on any atom is 0.226 e. The topological polar surface area (TPSA) is 19.9 Å². The van der Waals surface area contributed by atoms with E-state index in [2.05, 4.69) is 0 Å². The van der Waals surface area contributed by atoms with Crippen molar-refractivity contribution in [3.63, 3.8) is 0 Å². The molecule has 1 rings (SSSR count). The van der Waals surface area contributed by atoms with Gasteiger partial charge in [0.2, 0.25) is 8.13 Å². The quantitative estimate of drug-likeness (QED) is 0.457. The van der Waals surface area contributed by atoms with Crippen LogP contribution in [0.15, 0.2) is 24.3 Å². The molecule has 0 aromatic heterocycles. The Morgan fingerprint density at radius 3 is 1.62 bits per heavy atom. The fourth-order valence-corrected chi connectivity index (χ4v) is 3.10. The Labute approximate surface area is 159 Å². The molecule has 0 aliphatic heterocycles. The Hall–Kier alpha value is 1.21. The third-order valence-corrected chi connectivity index (χ3v) is 6.91. The molecule has 1 unspecified atom stereocenters. The first kappa shape index (κ1) is 20.3. The number of halogens is 7. The van der Waals surface area contributed by atoms with Gasteiger partial charge in [0.05, 0.1) is 0 Å². The molecule has 0 saturated heterocycles. The summed E-state index contributed by atoms with van der Waals surface area (Å²) in [5.41, 5.74) is 0.920. The summed E-state index contributed by atoms with van der Waals surface area (Å²) in [6.07, 6.45) is -0.857. The fourth-order valence-electron chi connectivity index (χ4n) is 1.63. The van der Waals surface area contributed by atoms with Crippen molar-refractivity contribution in [2.45, 2.75) is 32.4 Å². The number of rotatable bonds is 4. The highest BCUT2D eigenvalue weighted by Crippen LogP contribution is 2.60. The average Bonchev–Trinajstić information content (AvgIpc) is 2.36. The van der Waals surface area contributed by atoms with Crippen molar-refractivity contribution in [3.05, 3.63) is 35.4 Å². The molecule has 1 radical (unpaired) electrons. The third kappa shape index (κ3) is 4.19. The Morgan fingerprint density at radius 2 is 1.29 bits per heavy atom. The molecular formula is C13H12Cl7O. The molecule has 0 bridgehead atoms. The second-order valence-electron chi connectivity index (χ2n) is 4.93. The zero-order valence-corrected chi connectivity index (χ0v) is 16.3. The molecule has 0 fully saturated rings. The molecule has 0 aliphatic rings. The first-order valence-electron chi connectivity index (χ1n) is 5.91. The van der Waals surface area contributed by atoms with E-state index in [1.807, 2.05) is 13.8 Å². The number of hydrogen-bond donors (Lipinski definition) is 0. The van der Waals surface area contributed by atoms with Crippen molar-refractivity contribution >= 4 is 81.2 Å². The maximum absolute atomic E-state index is 12.0. The normalized spacial score (nSPS) is 15.4. The van der Waals surface area contributed by atoms with E-state index in [0.29, 0.717) is 11.1 Å².